The molecule has 0 spiro atoms. The summed E-state index contributed by atoms with van der Waals surface area (Å²) in [7, 11) is 0. The third-order valence-electron chi connectivity index (χ3n) is 6.14. The van der Waals surface area contributed by atoms with Crippen molar-refractivity contribution in [1.29, 1.82) is 0 Å². The normalized spacial score (nSPS) is 36.8. The lowest BCUT2D eigenvalue weighted by Crippen LogP contribution is -2.40. The van der Waals surface area contributed by atoms with Gasteiger partial charge in [0.2, 0.25) is 0 Å². The van der Waals surface area contributed by atoms with Crippen LogP contribution in [0.15, 0.2) is 0 Å². The topological polar surface area (TPSA) is 41.5 Å². The summed E-state index contributed by atoms with van der Waals surface area (Å²) in [6.07, 6.45) is 3.74. The molecule has 0 heterocycles. The fourth-order valence-corrected chi connectivity index (χ4v) is 4.21. The van der Waals surface area contributed by atoms with E-state index in [4.69, 9.17) is 4.74 Å². The van der Waals surface area contributed by atoms with E-state index in [1.165, 1.54) is 19.3 Å². The van der Waals surface area contributed by atoms with Gasteiger partial charge in [-0.2, -0.15) is 0 Å². The van der Waals surface area contributed by atoms with Crippen LogP contribution >= 0.6 is 0 Å². The predicted octanol–water partition coefficient (Wildman–Crippen LogP) is 2.82. The van der Waals surface area contributed by atoms with Gasteiger partial charge in [0.05, 0.1) is 18.8 Å². The van der Waals surface area contributed by atoms with Gasteiger partial charge in [0, 0.05) is 6.54 Å². The highest BCUT2D eigenvalue weighted by molar-refractivity contribution is 5.11. The molecule has 2 saturated carbocycles. The summed E-state index contributed by atoms with van der Waals surface area (Å²) in [5, 5.41) is 13.3. The van der Waals surface area contributed by atoms with Gasteiger partial charge in [0.15, 0.2) is 0 Å². The van der Waals surface area contributed by atoms with Crippen LogP contribution < -0.4 is 5.32 Å². The van der Waals surface area contributed by atoms with Gasteiger partial charge in [-0.3, -0.25) is 0 Å². The predicted molar refractivity (Wildman–Crippen MR) is 82.7 cm³/mol. The zero-order valence-electron chi connectivity index (χ0n) is 13.9. The molecule has 0 aromatic heterocycles. The maximum atomic E-state index is 10.0. The van der Waals surface area contributed by atoms with Crippen LogP contribution in [0.1, 0.15) is 53.9 Å². The van der Waals surface area contributed by atoms with Crippen molar-refractivity contribution in [1.82, 2.24) is 5.32 Å². The van der Waals surface area contributed by atoms with Crippen molar-refractivity contribution in [3.05, 3.63) is 0 Å². The number of rotatable bonds is 7. The van der Waals surface area contributed by atoms with Crippen LogP contribution in [-0.4, -0.2) is 37.0 Å². The SMILES string of the molecule is CC(C)CNC[C@H](O)CO[C@H]1C[C@H]2CC[C@@]1(C)C2(C)C. The van der Waals surface area contributed by atoms with E-state index in [-0.39, 0.29) is 6.10 Å². The lowest BCUT2D eigenvalue weighted by molar-refractivity contribution is -0.0742. The molecule has 0 unspecified atom stereocenters. The first-order valence-corrected chi connectivity index (χ1v) is 8.27. The van der Waals surface area contributed by atoms with E-state index in [1.807, 2.05) is 0 Å². The number of ether oxygens (including phenoxy) is 1. The van der Waals surface area contributed by atoms with Crippen LogP contribution in [0.3, 0.4) is 0 Å². The van der Waals surface area contributed by atoms with Gasteiger partial charge in [-0.15, -0.1) is 0 Å². The van der Waals surface area contributed by atoms with E-state index in [2.05, 4.69) is 39.9 Å². The first-order chi connectivity index (χ1) is 9.27. The molecule has 118 valence electrons. The van der Waals surface area contributed by atoms with Crippen molar-refractivity contribution in [3.63, 3.8) is 0 Å². The molecule has 0 amide bonds. The first kappa shape index (κ1) is 16.3. The lowest BCUT2D eigenvalue weighted by atomic mass is 9.70. The van der Waals surface area contributed by atoms with Crippen molar-refractivity contribution in [3.8, 4) is 0 Å². The van der Waals surface area contributed by atoms with Crippen LogP contribution in [0.4, 0.5) is 0 Å². The summed E-state index contributed by atoms with van der Waals surface area (Å²) in [5.41, 5.74) is 0.682. The van der Waals surface area contributed by atoms with Gasteiger partial charge in [-0.25, -0.2) is 0 Å². The molecule has 2 N–H and O–H groups in total. The standard InChI is InChI=1S/C17H33NO2/c1-12(2)9-18-10-14(19)11-20-15-8-13-6-7-17(15,5)16(13,3)4/h12-15,18-19H,6-11H2,1-5H3/t13-,14+,15+,17-/m1/s1. The number of hydrogen-bond donors (Lipinski definition) is 2. The Morgan fingerprint density at radius 3 is 2.45 bits per heavy atom. The van der Waals surface area contributed by atoms with Crippen LogP contribution in [-0.2, 0) is 4.74 Å². The molecule has 2 fully saturated rings. The molecule has 0 radical (unpaired) electrons. The Balaban J connectivity index is 1.75. The fourth-order valence-electron chi connectivity index (χ4n) is 4.21. The van der Waals surface area contributed by atoms with E-state index in [1.54, 1.807) is 0 Å². The average molecular weight is 283 g/mol. The number of fused-ring (bicyclic) bond motifs is 2. The van der Waals surface area contributed by atoms with Gasteiger partial charge in [-0.05, 0) is 48.5 Å². The molecule has 0 saturated heterocycles. The third kappa shape index (κ3) is 2.90. The van der Waals surface area contributed by atoms with Crippen molar-refractivity contribution < 1.29 is 9.84 Å². The molecule has 2 rings (SSSR count). The Morgan fingerprint density at radius 1 is 1.25 bits per heavy atom. The van der Waals surface area contributed by atoms with Crippen molar-refractivity contribution in [2.75, 3.05) is 19.7 Å². The summed E-state index contributed by atoms with van der Waals surface area (Å²) in [6, 6.07) is 0. The maximum absolute atomic E-state index is 10.0. The monoisotopic (exact) mass is 283 g/mol. The smallest absolute Gasteiger partial charge is 0.0897 e. The summed E-state index contributed by atoms with van der Waals surface area (Å²) in [6.45, 7) is 13.6. The van der Waals surface area contributed by atoms with Gasteiger partial charge >= 0.3 is 0 Å². The summed E-state index contributed by atoms with van der Waals surface area (Å²) in [4.78, 5) is 0. The second-order valence-electron chi connectivity index (χ2n) is 8.14. The molecule has 20 heavy (non-hydrogen) atoms. The highest BCUT2D eigenvalue weighted by atomic mass is 16.5. The molecular weight excluding hydrogens is 250 g/mol. The molecule has 0 aromatic carbocycles. The number of nitrogens with one attached hydrogen (secondary N) is 1. The van der Waals surface area contributed by atoms with Crippen molar-refractivity contribution in [2.24, 2.45) is 22.7 Å². The van der Waals surface area contributed by atoms with Gasteiger partial charge in [-0.1, -0.05) is 34.6 Å². The molecule has 0 aliphatic heterocycles. The van der Waals surface area contributed by atoms with Crippen LogP contribution in [0.25, 0.3) is 0 Å². The average Bonchev–Trinajstić information content (AvgIpc) is 2.68. The Labute approximate surface area is 124 Å². The minimum atomic E-state index is -0.389. The number of hydrogen-bond acceptors (Lipinski definition) is 3. The zero-order chi connectivity index (χ0) is 15.0. The molecule has 2 bridgehead atoms. The van der Waals surface area contributed by atoms with E-state index in [9.17, 15) is 5.11 Å². The fraction of sp³-hybridized carbons (Fsp3) is 1.00. The number of aliphatic hydroxyl groups is 1. The molecule has 3 nitrogen and oxygen atoms in total. The second-order valence-corrected chi connectivity index (χ2v) is 8.14. The van der Waals surface area contributed by atoms with Crippen LogP contribution in [0.5, 0.6) is 0 Å². The quantitative estimate of drug-likeness (QED) is 0.755. The second kappa shape index (κ2) is 5.94. The highest BCUT2D eigenvalue weighted by Crippen LogP contribution is 2.66. The Morgan fingerprint density at radius 2 is 1.95 bits per heavy atom. The van der Waals surface area contributed by atoms with Crippen LogP contribution in [0.2, 0.25) is 0 Å². The number of aliphatic hydroxyl groups excluding tert-OH is 1. The van der Waals surface area contributed by atoms with Gasteiger partial charge < -0.3 is 15.2 Å². The summed E-state index contributed by atoms with van der Waals surface area (Å²) < 4.78 is 6.10. The minimum absolute atomic E-state index is 0.294. The Kier molecular flexibility index (Phi) is 4.83. The Hall–Kier alpha value is -0.120. The molecule has 0 aromatic rings. The molecule has 4 atom stereocenters. The van der Waals surface area contributed by atoms with E-state index in [0.717, 1.165) is 12.5 Å². The molecule has 3 heteroatoms. The van der Waals surface area contributed by atoms with E-state index < -0.39 is 0 Å². The molecule has 2 aliphatic carbocycles. The van der Waals surface area contributed by atoms with Crippen molar-refractivity contribution >= 4 is 0 Å². The minimum Gasteiger partial charge on any atom is -0.389 e. The maximum Gasteiger partial charge on any atom is 0.0897 e. The van der Waals surface area contributed by atoms with E-state index in [0.29, 0.717) is 36.0 Å². The summed E-state index contributed by atoms with van der Waals surface area (Å²) in [5.74, 6) is 1.42. The lowest BCUT2D eigenvalue weighted by Gasteiger charge is -2.39. The first-order valence-electron chi connectivity index (χ1n) is 8.27. The van der Waals surface area contributed by atoms with E-state index >= 15 is 0 Å². The van der Waals surface area contributed by atoms with Crippen molar-refractivity contribution in [2.45, 2.75) is 66.1 Å². The summed E-state index contributed by atoms with van der Waals surface area (Å²) >= 11 is 0. The third-order valence-corrected chi connectivity index (χ3v) is 6.14. The van der Waals surface area contributed by atoms with Gasteiger partial charge in [0.1, 0.15) is 0 Å². The largest absolute Gasteiger partial charge is 0.389 e. The van der Waals surface area contributed by atoms with Gasteiger partial charge in [0.25, 0.3) is 0 Å². The Bertz CT molecular complexity index is 329. The zero-order valence-corrected chi connectivity index (χ0v) is 13.9. The highest BCUT2D eigenvalue weighted by Gasteiger charge is 2.61. The molecular formula is C17H33NO2. The van der Waals surface area contributed by atoms with Crippen LogP contribution in [0, 0.1) is 22.7 Å². The molecule has 2 aliphatic rings.